The number of benzene rings is 2. The first-order valence-corrected chi connectivity index (χ1v) is 14.1. The number of rotatable bonds is 7. The van der Waals surface area contributed by atoms with E-state index in [1.54, 1.807) is 0 Å². The van der Waals surface area contributed by atoms with Crippen LogP contribution in [-0.2, 0) is 20.4 Å². The SMILES string of the molecule is Cc1ccc(C)c(N(CC(=O)Nc2ccc(C34CC5CC(CC(C5)C3)C4)cc2)S(=O)(=O)N(C)C)c1. The number of hydrogen-bond acceptors (Lipinski definition) is 3. The highest BCUT2D eigenvalue weighted by molar-refractivity contribution is 7.90. The Morgan fingerprint density at radius 1 is 0.943 bits per heavy atom. The molecular weight excluding hydrogens is 458 g/mol. The summed E-state index contributed by atoms with van der Waals surface area (Å²) in [5, 5.41) is 2.92. The first-order valence-electron chi connectivity index (χ1n) is 12.7. The van der Waals surface area contributed by atoms with Gasteiger partial charge in [0.25, 0.3) is 0 Å². The number of nitrogens with zero attached hydrogens (tertiary/aromatic N) is 2. The zero-order valence-electron chi connectivity index (χ0n) is 21.3. The van der Waals surface area contributed by atoms with Crippen LogP contribution in [0.2, 0.25) is 0 Å². The molecule has 4 aliphatic carbocycles. The molecule has 0 aromatic heterocycles. The standard InChI is InChI=1S/C28H37N3O3S/c1-19-5-6-20(2)26(11-19)31(35(33,34)30(3)4)18-27(32)29-25-9-7-24(8-10-25)28-15-21-12-22(16-28)14-23(13-21)17-28/h5-11,21-23H,12-18H2,1-4H3,(H,29,32). The maximum absolute atomic E-state index is 13.1. The van der Waals surface area contributed by atoms with Crippen molar-refractivity contribution in [3.63, 3.8) is 0 Å². The van der Waals surface area contributed by atoms with E-state index in [-0.39, 0.29) is 12.5 Å². The molecule has 4 bridgehead atoms. The molecule has 0 heterocycles. The molecule has 0 saturated heterocycles. The summed E-state index contributed by atoms with van der Waals surface area (Å²) in [7, 11) is -0.884. The van der Waals surface area contributed by atoms with Gasteiger partial charge in [0.05, 0.1) is 5.69 Å². The van der Waals surface area contributed by atoms with E-state index in [1.807, 2.05) is 44.2 Å². The minimum atomic E-state index is -3.85. The van der Waals surface area contributed by atoms with E-state index in [1.165, 1.54) is 62.5 Å². The average Bonchev–Trinajstić information content (AvgIpc) is 2.78. The van der Waals surface area contributed by atoms with E-state index in [2.05, 4.69) is 17.4 Å². The number of nitrogens with one attached hydrogen (secondary N) is 1. The molecule has 0 unspecified atom stereocenters. The van der Waals surface area contributed by atoms with Crippen molar-refractivity contribution in [2.75, 3.05) is 30.3 Å². The molecule has 0 spiro atoms. The summed E-state index contributed by atoms with van der Waals surface area (Å²) in [6.45, 7) is 3.48. The molecule has 7 heteroatoms. The van der Waals surface area contributed by atoms with Crippen LogP contribution < -0.4 is 9.62 Å². The van der Waals surface area contributed by atoms with Crippen LogP contribution in [0.5, 0.6) is 0 Å². The second-order valence-electron chi connectivity index (χ2n) is 11.4. The van der Waals surface area contributed by atoms with E-state index in [9.17, 15) is 13.2 Å². The monoisotopic (exact) mass is 495 g/mol. The summed E-state index contributed by atoms with van der Waals surface area (Å²) >= 11 is 0. The van der Waals surface area contributed by atoms with Crippen LogP contribution in [0.3, 0.4) is 0 Å². The van der Waals surface area contributed by atoms with Crippen LogP contribution in [0.4, 0.5) is 11.4 Å². The van der Waals surface area contributed by atoms with Gasteiger partial charge in [-0.25, -0.2) is 4.31 Å². The van der Waals surface area contributed by atoms with Crippen molar-refractivity contribution in [3.05, 3.63) is 59.2 Å². The van der Waals surface area contributed by atoms with Gasteiger partial charge in [0.15, 0.2) is 0 Å². The summed E-state index contributed by atoms with van der Waals surface area (Å²) < 4.78 is 28.5. The minimum absolute atomic E-state index is 0.290. The molecule has 35 heavy (non-hydrogen) atoms. The van der Waals surface area contributed by atoms with Gasteiger partial charge in [-0.3, -0.25) is 4.79 Å². The van der Waals surface area contributed by atoms with Crippen LogP contribution in [0.25, 0.3) is 0 Å². The zero-order valence-corrected chi connectivity index (χ0v) is 22.1. The highest BCUT2D eigenvalue weighted by Crippen LogP contribution is 2.60. The average molecular weight is 496 g/mol. The number of hydrogen-bond donors (Lipinski definition) is 1. The lowest BCUT2D eigenvalue weighted by Crippen LogP contribution is -2.48. The maximum Gasteiger partial charge on any atom is 0.304 e. The minimum Gasteiger partial charge on any atom is -0.325 e. The van der Waals surface area contributed by atoms with E-state index in [0.717, 1.165) is 33.2 Å². The number of anilines is 2. The maximum atomic E-state index is 13.1. The predicted octanol–water partition coefficient (Wildman–Crippen LogP) is 5.02. The normalized spacial score (nSPS) is 27.3. The lowest BCUT2D eigenvalue weighted by atomic mass is 9.48. The van der Waals surface area contributed by atoms with Gasteiger partial charge in [0.1, 0.15) is 6.54 Å². The van der Waals surface area contributed by atoms with Crippen molar-refractivity contribution in [3.8, 4) is 0 Å². The fraction of sp³-hybridized carbons (Fsp3) is 0.536. The molecule has 1 N–H and O–H groups in total. The van der Waals surface area contributed by atoms with Crippen LogP contribution in [0.1, 0.15) is 55.2 Å². The second kappa shape index (κ2) is 8.93. The van der Waals surface area contributed by atoms with Crippen LogP contribution >= 0.6 is 0 Å². The molecule has 1 amide bonds. The lowest BCUT2D eigenvalue weighted by Gasteiger charge is -2.57. The van der Waals surface area contributed by atoms with E-state index >= 15 is 0 Å². The molecule has 6 nitrogen and oxygen atoms in total. The molecule has 0 aliphatic heterocycles. The lowest BCUT2D eigenvalue weighted by molar-refractivity contribution is -0.114. The van der Waals surface area contributed by atoms with Crippen LogP contribution in [0.15, 0.2) is 42.5 Å². The van der Waals surface area contributed by atoms with Crippen molar-refractivity contribution in [1.29, 1.82) is 0 Å². The summed E-state index contributed by atoms with van der Waals surface area (Å²) in [4.78, 5) is 13.0. The third kappa shape index (κ3) is 4.60. The zero-order chi connectivity index (χ0) is 25.0. The molecule has 4 saturated carbocycles. The van der Waals surface area contributed by atoms with E-state index < -0.39 is 10.2 Å². The Bertz CT molecular complexity index is 1190. The van der Waals surface area contributed by atoms with E-state index in [0.29, 0.717) is 16.8 Å². The molecule has 2 aromatic rings. The van der Waals surface area contributed by atoms with Crippen LogP contribution in [-0.4, -0.2) is 39.3 Å². The predicted molar refractivity (Wildman–Crippen MR) is 141 cm³/mol. The van der Waals surface area contributed by atoms with E-state index in [4.69, 9.17) is 0 Å². The van der Waals surface area contributed by atoms with Crippen molar-refractivity contribution in [2.24, 2.45) is 17.8 Å². The van der Waals surface area contributed by atoms with Gasteiger partial charge in [0.2, 0.25) is 5.91 Å². The smallest absolute Gasteiger partial charge is 0.304 e. The Hall–Kier alpha value is -2.38. The van der Waals surface area contributed by atoms with Crippen molar-refractivity contribution in [1.82, 2.24) is 4.31 Å². The first-order chi connectivity index (χ1) is 16.6. The Morgan fingerprint density at radius 2 is 1.51 bits per heavy atom. The molecule has 4 fully saturated rings. The highest BCUT2D eigenvalue weighted by Gasteiger charge is 2.51. The fourth-order valence-electron chi connectivity index (χ4n) is 7.18. The summed E-state index contributed by atoms with van der Waals surface area (Å²) in [6, 6.07) is 13.9. The van der Waals surface area contributed by atoms with Crippen molar-refractivity contribution in [2.45, 2.75) is 57.8 Å². The quantitative estimate of drug-likeness (QED) is 0.586. The van der Waals surface area contributed by atoms with Crippen molar-refractivity contribution < 1.29 is 13.2 Å². The third-order valence-electron chi connectivity index (χ3n) is 8.48. The van der Waals surface area contributed by atoms with Gasteiger partial charge in [-0.1, -0.05) is 24.3 Å². The number of carbonyl (C=O) groups is 1. The van der Waals surface area contributed by atoms with Gasteiger partial charge in [-0.05, 0) is 110 Å². The van der Waals surface area contributed by atoms with Crippen LogP contribution in [0, 0.1) is 31.6 Å². The molecule has 6 rings (SSSR count). The molecule has 2 aromatic carbocycles. The topological polar surface area (TPSA) is 69.7 Å². The molecule has 0 atom stereocenters. The summed E-state index contributed by atoms with van der Waals surface area (Å²) in [6.07, 6.45) is 8.16. The van der Waals surface area contributed by atoms with Gasteiger partial charge in [0, 0.05) is 19.8 Å². The summed E-state index contributed by atoms with van der Waals surface area (Å²) in [5.41, 5.74) is 4.68. The fourth-order valence-corrected chi connectivity index (χ4v) is 8.30. The number of amides is 1. The van der Waals surface area contributed by atoms with Gasteiger partial charge < -0.3 is 5.32 Å². The van der Waals surface area contributed by atoms with Gasteiger partial charge in [-0.2, -0.15) is 12.7 Å². The number of carbonyl (C=O) groups excluding carboxylic acids is 1. The summed E-state index contributed by atoms with van der Waals surface area (Å²) in [5.74, 6) is 2.29. The molecular formula is C28H37N3O3S. The Labute approximate surface area is 209 Å². The Morgan fingerprint density at radius 3 is 2.06 bits per heavy atom. The molecule has 4 aliphatic rings. The van der Waals surface area contributed by atoms with Crippen molar-refractivity contribution >= 4 is 27.5 Å². The van der Waals surface area contributed by atoms with Gasteiger partial charge in [-0.15, -0.1) is 0 Å². The Kier molecular flexibility index (Phi) is 6.20. The van der Waals surface area contributed by atoms with Gasteiger partial charge >= 0.3 is 10.2 Å². The third-order valence-corrected chi connectivity index (χ3v) is 10.3. The second-order valence-corrected chi connectivity index (χ2v) is 13.5. The highest BCUT2D eigenvalue weighted by atomic mass is 32.2. The molecule has 0 radical (unpaired) electrons. The largest absolute Gasteiger partial charge is 0.325 e. The molecule has 188 valence electrons. The number of aryl methyl sites for hydroxylation is 2. The Balaban J connectivity index is 1.33. The first kappa shape index (κ1) is 24.3.